The molecule has 0 N–H and O–H groups in total. The van der Waals surface area contributed by atoms with Crippen molar-refractivity contribution in [2.75, 3.05) is 7.11 Å². The summed E-state index contributed by atoms with van der Waals surface area (Å²) >= 11 is 0. The second kappa shape index (κ2) is 6.17. The third kappa shape index (κ3) is 2.71. The highest BCUT2D eigenvalue weighted by Gasteiger charge is 2.39. The smallest absolute Gasteiger partial charge is 0.119 e. The highest BCUT2D eigenvalue weighted by Crippen LogP contribution is 2.44. The minimum absolute atomic E-state index is 0.206. The van der Waals surface area contributed by atoms with Crippen molar-refractivity contribution in [1.29, 1.82) is 0 Å². The molecule has 1 saturated heterocycles. The molecular formula is C18H28O2. The predicted molar refractivity (Wildman–Crippen MR) is 83.1 cm³/mol. The average molecular weight is 276 g/mol. The summed E-state index contributed by atoms with van der Waals surface area (Å²) in [5, 5.41) is 0. The quantitative estimate of drug-likeness (QED) is 0.792. The van der Waals surface area contributed by atoms with Crippen LogP contribution in [0.15, 0.2) is 18.2 Å². The lowest BCUT2D eigenvalue weighted by atomic mass is 9.74. The van der Waals surface area contributed by atoms with Gasteiger partial charge in [0, 0.05) is 0 Å². The third-order valence-corrected chi connectivity index (χ3v) is 5.23. The van der Waals surface area contributed by atoms with Gasteiger partial charge in [0.25, 0.3) is 0 Å². The van der Waals surface area contributed by atoms with E-state index in [1.807, 2.05) is 6.07 Å². The number of hydrogen-bond acceptors (Lipinski definition) is 2. The van der Waals surface area contributed by atoms with Gasteiger partial charge in [-0.1, -0.05) is 33.8 Å². The van der Waals surface area contributed by atoms with Crippen LogP contribution >= 0.6 is 0 Å². The first-order valence-corrected chi connectivity index (χ1v) is 7.79. The van der Waals surface area contributed by atoms with Crippen LogP contribution in [0.25, 0.3) is 0 Å². The van der Waals surface area contributed by atoms with Crippen molar-refractivity contribution in [1.82, 2.24) is 0 Å². The van der Waals surface area contributed by atoms with E-state index in [2.05, 4.69) is 46.8 Å². The summed E-state index contributed by atoms with van der Waals surface area (Å²) < 4.78 is 11.7. The van der Waals surface area contributed by atoms with Crippen LogP contribution in [-0.4, -0.2) is 13.2 Å². The third-order valence-electron chi connectivity index (χ3n) is 5.23. The number of rotatable bonds is 3. The first-order chi connectivity index (χ1) is 9.49. The Balaban J connectivity index is 2.31. The first-order valence-electron chi connectivity index (χ1n) is 7.79. The van der Waals surface area contributed by atoms with Gasteiger partial charge in [-0.2, -0.15) is 0 Å². The number of benzene rings is 1. The molecule has 1 fully saturated rings. The van der Waals surface area contributed by atoms with Crippen LogP contribution in [0.3, 0.4) is 0 Å². The van der Waals surface area contributed by atoms with E-state index in [9.17, 15) is 0 Å². The Morgan fingerprint density at radius 2 is 1.80 bits per heavy atom. The van der Waals surface area contributed by atoms with E-state index >= 15 is 0 Å². The fourth-order valence-corrected chi connectivity index (χ4v) is 3.45. The Labute approximate surface area is 123 Å². The van der Waals surface area contributed by atoms with Crippen molar-refractivity contribution in [3.63, 3.8) is 0 Å². The predicted octanol–water partition coefficient (Wildman–Crippen LogP) is 4.76. The number of methoxy groups -OCH3 is 1. The van der Waals surface area contributed by atoms with Crippen molar-refractivity contribution in [2.24, 2.45) is 17.8 Å². The van der Waals surface area contributed by atoms with Gasteiger partial charge in [0.2, 0.25) is 0 Å². The van der Waals surface area contributed by atoms with Gasteiger partial charge in [-0.05, 0) is 54.4 Å². The Hall–Kier alpha value is -1.02. The zero-order valence-corrected chi connectivity index (χ0v) is 13.6. The first kappa shape index (κ1) is 15.4. The molecule has 20 heavy (non-hydrogen) atoms. The van der Waals surface area contributed by atoms with Gasteiger partial charge in [0.1, 0.15) is 5.75 Å². The van der Waals surface area contributed by atoms with Crippen LogP contribution in [0.4, 0.5) is 0 Å². The van der Waals surface area contributed by atoms with E-state index in [1.54, 1.807) is 7.11 Å². The summed E-state index contributed by atoms with van der Waals surface area (Å²) in [4.78, 5) is 0. The van der Waals surface area contributed by atoms with E-state index in [0.717, 1.165) is 12.2 Å². The topological polar surface area (TPSA) is 18.5 Å². The normalized spacial score (nSPS) is 34.0. The molecule has 0 amide bonds. The lowest BCUT2D eigenvalue weighted by molar-refractivity contribution is -0.136. The summed E-state index contributed by atoms with van der Waals surface area (Å²) in [6.07, 6.45) is 1.66. The summed E-state index contributed by atoms with van der Waals surface area (Å²) in [5.41, 5.74) is 2.58. The average Bonchev–Trinajstić information content (AvgIpc) is 2.46. The zero-order chi connectivity index (χ0) is 14.9. The van der Waals surface area contributed by atoms with E-state index in [0.29, 0.717) is 23.9 Å². The molecule has 1 aliphatic rings. The molecule has 2 rings (SSSR count). The number of aryl methyl sites for hydroxylation is 1. The minimum Gasteiger partial charge on any atom is -0.497 e. The SMILES string of the molecule is CCC1OC(c2ccc(OC)cc2C)C(C)C(C)C1C. The van der Waals surface area contributed by atoms with Crippen LogP contribution < -0.4 is 4.74 Å². The minimum atomic E-state index is 0.206. The molecule has 2 nitrogen and oxygen atoms in total. The van der Waals surface area contributed by atoms with Gasteiger partial charge in [0.15, 0.2) is 0 Å². The molecule has 1 aromatic carbocycles. The van der Waals surface area contributed by atoms with E-state index < -0.39 is 0 Å². The molecule has 1 heterocycles. The number of ether oxygens (including phenoxy) is 2. The molecule has 0 aromatic heterocycles. The van der Waals surface area contributed by atoms with Gasteiger partial charge in [0.05, 0.1) is 19.3 Å². The highest BCUT2D eigenvalue weighted by molar-refractivity contribution is 5.36. The molecule has 1 aliphatic heterocycles. The number of hydrogen-bond donors (Lipinski definition) is 0. The maximum atomic E-state index is 6.43. The summed E-state index contributed by atoms with van der Waals surface area (Å²) in [5.74, 6) is 2.77. The van der Waals surface area contributed by atoms with Crippen LogP contribution in [0.5, 0.6) is 5.75 Å². The monoisotopic (exact) mass is 276 g/mol. The van der Waals surface area contributed by atoms with Gasteiger partial charge in [-0.25, -0.2) is 0 Å². The Morgan fingerprint density at radius 3 is 2.35 bits per heavy atom. The largest absolute Gasteiger partial charge is 0.497 e. The molecule has 0 radical (unpaired) electrons. The molecule has 1 aromatic rings. The van der Waals surface area contributed by atoms with Crippen LogP contribution in [-0.2, 0) is 4.74 Å². The van der Waals surface area contributed by atoms with Gasteiger partial charge in [-0.3, -0.25) is 0 Å². The summed E-state index contributed by atoms with van der Waals surface area (Å²) in [6, 6.07) is 6.32. The Bertz CT molecular complexity index is 453. The van der Waals surface area contributed by atoms with Crippen molar-refractivity contribution in [3.05, 3.63) is 29.3 Å². The lowest BCUT2D eigenvalue weighted by Crippen LogP contribution is -2.40. The van der Waals surface area contributed by atoms with Gasteiger partial charge >= 0.3 is 0 Å². The molecule has 5 unspecified atom stereocenters. The fourth-order valence-electron chi connectivity index (χ4n) is 3.45. The second-order valence-electron chi connectivity index (χ2n) is 6.30. The lowest BCUT2D eigenvalue weighted by Gasteiger charge is -2.44. The molecule has 0 saturated carbocycles. The molecule has 5 atom stereocenters. The van der Waals surface area contributed by atoms with Crippen LogP contribution in [0.2, 0.25) is 0 Å². The van der Waals surface area contributed by atoms with Crippen LogP contribution in [0, 0.1) is 24.7 Å². The summed E-state index contributed by atoms with van der Waals surface area (Å²) in [7, 11) is 1.71. The fraction of sp³-hybridized carbons (Fsp3) is 0.667. The van der Waals surface area contributed by atoms with E-state index in [-0.39, 0.29) is 6.10 Å². The second-order valence-corrected chi connectivity index (χ2v) is 6.30. The van der Waals surface area contributed by atoms with Crippen molar-refractivity contribution < 1.29 is 9.47 Å². The van der Waals surface area contributed by atoms with Gasteiger partial charge < -0.3 is 9.47 Å². The molecule has 0 bridgehead atoms. The molecular weight excluding hydrogens is 248 g/mol. The Morgan fingerprint density at radius 1 is 1.10 bits per heavy atom. The van der Waals surface area contributed by atoms with Crippen molar-refractivity contribution in [2.45, 2.75) is 53.2 Å². The van der Waals surface area contributed by atoms with Gasteiger partial charge in [-0.15, -0.1) is 0 Å². The molecule has 0 aliphatic carbocycles. The van der Waals surface area contributed by atoms with Crippen LogP contribution in [0.1, 0.15) is 51.3 Å². The molecule has 0 spiro atoms. The zero-order valence-electron chi connectivity index (χ0n) is 13.6. The maximum Gasteiger partial charge on any atom is 0.119 e. The van der Waals surface area contributed by atoms with E-state index in [1.165, 1.54) is 11.1 Å². The maximum absolute atomic E-state index is 6.43. The standard InChI is InChI=1S/C18H28O2/c1-7-17-13(4)12(3)14(5)18(20-17)16-9-8-15(19-6)10-11(16)2/h8-10,12-14,17-18H,7H2,1-6H3. The van der Waals surface area contributed by atoms with Crippen molar-refractivity contribution in [3.8, 4) is 5.75 Å². The van der Waals surface area contributed by atoms with E-state index in [4.69, 9.17) is 9.47 Å². The highest BCUT2D eigenvalue weighted by atomic mass is 16.5. The molecule has 112 valence electrons. The molecule has 2 heteroatoms. The van der Waals surface area contributed by atoms with Crippen molar-refractivity contribution >= 4 is 0 Å². The Kier molecular flexibility index (Phi) is 4.74. The summed E-state index contributed by atoms with van der Waals surface area (Å²) in [6.45, 7) is 11.4.